The van der Waals surface area contributed by atoms with Crippen LogP contribution in [-0.2, 0) is 11.4 Å². The molecule has 0 aromatic heterocycles. The Morgan fingerprint density at radius 2 is 1.56 bits per heavy atom. The lowest BCUT2D eigenvalue weighted by atomic mass is 10.0. The third-order valence-corrected chi connectivity index (χ3v) is 3.19. The summed E-state index contributed by atoms with van der Waals surface area (Å²) in [6, 6.07) is 17.4. The fourth-order valence-electron chi connectivity index (χ4n) is 2.09. The summed E-state index contributed by atoms with van der Waals surface area (Å²) >= 11 is -2.31. The number of rotatable bonds is 2. The molecule has 0 spiro atoms. The zero-order valence-electron chi connectivity index (χ0n) is 9.37. The van der Waals surface area contributed by atoms with E-state index in [1.165, 1.54) is 0 Å². The van der Waals surface area contributed by atoms with Crippen LogP contribution in [0.1, 0.15) is 0 Å². The number of hydrogen-bond donors (Lipinski definition) is 1. The molecule has 0 heterocycles. The lowest BCUT2D eigenvalue weighted by Crippen LogP contribution is -1.97. The van der Waals surface area contributed by atoms with E-state index in [4.69, 9.17) is 8.74 Å². The highest BCUT2D eigenvalue weighted by atomic mass is 32.2. The van der Waals surface area contributed by atoms with Crippen molar-refractivity contribution in [2.75, 3.05) is 0 Å². The monoisotopic (exact) mass is 258 g/mol. The molecule has 0 saturated carbocycles. The SMILES string of the molecule is O=S(O)Oc1cccc2cc3ccccc3cc12. The quantitative estimate of drug-likeness (QED) is 0.565. The Labute approximate surface area is 106 Å². The number of benzene rings is 3. The molecule has 3 rings (SSSR count). The van der Waals surface area contributed by atoms with E-state index in [0.29, 0.717) is 5.75 Å². The van der Waals surface area contributed by atoms with Crippen LogP contribution in [0.4, 0.5) is 0 Å². The minimum Gasteiger partial charge on any atom is -0.379 e. The van der Waals surface area contributed by atoms with Gasteiger partial charge in [-0.05, 0) is 34.4 Å². The summed E-state index contributed by atoms with van der Waals surface area (Å²) in [5.74, 6) is 0.416. The van der Waals surface area contributed by atoms with Gasteiger partial charge in [-0.3, -0.25) is 4.55 Å². The second kappa shape index (κ2) is 4.40. The van der Waals surface area contributed by atoms with Crippen molar-refractivity contribution in [2.24, 2.45) is 0 Å². The number of hydrogen-bond acceptors (Lipinski definition) is 2. The third-order valence-electron chi connectivity index (χ3n) is 2.87. The van der Waals surface area contributed by atoms with Crippen LogP contribution >= 0.6 is 0 Å². The molecular weight excluding hydrogens is 248 g/mol. The average molecular weight is 258 g/mol. The van der Waals surface area contributed by atoms with Gasteiger partial charge in [0.25, 0.3) is 0 Å². The molecule has 3 aromatic rings. The summed E-state index contributed by atoms with van der Waals surface area (Å²) in [4.78, 5) is 0. The molecule has 1 N–H and O–H groups in total. The Morgan fingerprint density at radius 1 is 0.889 bits per heavy atom. The Morgan fingerprint density at radius 3 is 2.28 bits per heavy atom. The van der Waals surface area contributed by atoms with Crippen LogP contribution in [-0.4, -0.2) is 8.76 Å². The maximum atomic E-state index is 10.8. The van der Waals surface area contributed by atoms with Crippen LogP contribution in [0.5, 0.6) is 5.75 Å². The Kier molecular flexibility index (Phi) is 2.74. The fraction of sp³-hybridized carbons (Fsp3) is 0. The molecule has 0 radical (unpaired) electrons. The van der Waals surface area contributed by atoms with Gasteiger partial charge in [-0.25, -0.2) is 0 Å². The molecule has 0 aliphatic rings. The summed E-state index contributed by atoms with van der Waals surface area (Å²) in [6.07, 6.45) is 0. The maximum absolute atomic E-state index is 10.8. The van der Waals surface area contributed by atoms with Crippen LogP contribution in [0.3, 0.4) is 0 Å². The van der Waals surface area contributed by atoms with Gasteiger partial charge in [0.2, 0.25) is 0 Å². The molecule has 0 amide bonds. The third kappa shape index (κ3) is 1.96. The molecule has 1 atom stereocenters. The van der Waals surface area contributed by atoms with Gasteiger partial charge in [-0.2, -0.15) is 4.21 Å². The van der Waals surface area contributed by atoms with Crippen molar-refractivity contribution in [3.63, 3.8) is 0 Å². The van der Waals surface area contributed by atoms with E-state index in [0.717, 1.165) is 21.5 Å². The minimum atomic E-state index is -2.31. The average Bonchev–Trinajstić information content (AvgIpc) is 2.36. The summed E-state index contributed by atoms with van der Waals surface area (Å²) in [7, 11) is 0. The van der Waals surface area contributed by atoms with E-state index < -0.39 is 11.4 Å². The van der Waals surface area contributed by atoms with Gasteiger partial charge < -0.3 is 4.18 Å². The molecule has 90 valence electrons. The molecule has 0 aliphatic carbocycles. The Bertz CT molecular complexity index is 752. The molecule has 0 fully saturated rings. The van der Waals surface area contributed by atoms with Crippen LogP contribution < -0.4 is 4.18 Å². The summed E-state index contributed by atoms with van der Waals surface area (Å²) in [5, 5.41) is 4.02. The maximum Gasteiger partial charge on any atom is 0.357 e. The van der Waals surface area contributed by atoms with Crippen molar-refractivity contribution in [3.05, 3.63) is 54.6 Å². The standard InChI is InChI=1S/C14H10O3S/c15-18(16)17-14-7-3-6-12-8-10-4-1-2-5-11(10)9-13(12)14/h1-9H,(H,15,16). The minimum absolute atomic E-state index is 0.416. The molecule has 0 saturated heterocycles. The summed E-state index contributed by atoms with van der Waals surface area (Å²) in [5.41, 5.74) is 0. The van der Waals surface area contributed by atoms with Gasteiger partial charge >= 0.3 is 11.4 Å². The molecule has 3 aromatic carbocycles. The van der Waals surface area contributed by atoms with Gasteiger partial charge in [0.15, 0.2) is 0 Å². The van der Waals surface area contributed by atoms with E-state index in [-0.39, 0.29) is 0 Å². The van der Waals surface area contributed by atoms with Gasteiger partial charge in [0, 0.05) is 5.39 Å². The second-order valence-electron chi connectivity index (χ2n) is 3.98. The van der Waals surface area contributed by atoms with E-state index >= 15 is 0 Å². The molecule has 0 bridgehead atoms. The fourth-order valence-corrected chi connectivity index (χ4v) is 2.39. The Balaban J connectivity index is 2.32. The highest BCUT2D eigenvalue weighted by molar-refractivity contribution is 7.74. The van der Waals surface area contributed by atoms with Crippen molar-refractivity contribution in [1.29, 1.82) is 0 Å². The van der Waals surface area contributed by atoms with Crippen LogP contribution in [0.25, 0.3) is 21.5 Å². The van der Waals surface area contributed by atoms with Crippen molar-refractivity contribution in [1.82, 2.24) is 0 Å². The topological polar surface area (TPSA) is 46.5 Å². The van der Waals surface area contributed by atoms with E-state index in [1.807, 2.05) is 42.5 Å². The van der Waals surface area contributed by atoms with Gasteiger partial charge in [-0.15, -0.1) is 0 Å². The normalized spacial score (nSPS) is 12.7. The highest BCUT2D eigenvalue weighted by Crippen LogP contribution is 2.30. The second-order valence-corrected chi connectivity index (χ2v) is 4.58. The lowest BCUT2D eigenvalue weighted by molar-refractivity contribution is 0.460. The van der Waals surface area contributed by atoms with Gasteiger partial charge in [0.1, 0.15) is 5.75 Å². The molecule has 4 heteroatoms. The van der Waals surface area contributed by atoms with E-state index in [9.17, 15) is 4.21 Å². The zero-order chi connectivity index (χ0) is 12.5. The van der Waals surface area contributed by atoms with E-state index in [1.54, 1.807) is 12.1 Å². The van der Waals surface area contributed by atoms with Crippen molar-refractivity contribution in [2.45, 2.75) is 0 Å². The van der Waals surface area contributed by atoms with Crippen molar-refractivity contribution in [3.8, 4) is 5.75 Å². The predicted molar refractivity (Wildman–Crippen MR) is 72.9 cm³/mol. The first-order valence-electron chi connectivity index (χ1n) is 5.45. The van der Waals surface area contributed by atoms with Crippen LogP contribution in [0.2, 0.25) is 0 Å². The molecular formula is C14H10O3S. The number of fused-ring (bicyclic) bond motifs is 2. The largest absolute Gasteiger partial charge is 0.379 e. The molecule has 18 heavy (non-hydrogen) atoms. The molecule has 3 nitrogen and oxygen atoms in total. The van der Waals surface area contributed by atoms with Crippen molar-refractivity contribution < 1.29 is 12.9 Å². The predicted octanol–water partition coefficient (Wildman–Crippen LogP) is 3.51. The summed E-state index contributed by atoms with van der Waals surface area (Å²) in [6.45, 7) is 0. The van der Waals surface area contributed by atoms with Gasteiger partial charge in [0.05, 0.1) is 0 Å². The zero-order valence-corrected chi connectivity index (χ0v) is 10.2. The summed E-state index contributed by atoms with van der Waals surface area (Å²) < 4.78 is 24.5. The van der Waals surface area contributed by atoms with Crippen LogP contribution in [0.15, 0.2) is 54.6 Å². The smallest absolute Gasteiger partial charge is 0.357 e. The molecule has 1 unspecified atom stereocenters. The van der Waals surface area contributed by atoms with E-state index in [2.05, 4.69) is 0 Å². The Hall–Kier alpha value is -1.91. The van der Waals surface area contributed by atoms with Crippen molar-refractivity contribution >= 4 is 32.9 Å². The van der Waals surface area contributed by atoms with Gasteiger partial charge in [-0.1, -0.05) is 36.4 Å². The first-order chi connectivity index (χ1) is 8.74. The first kappa shape index (κ1) is 11.2. The first-order valence-corrected chi connectivity index (χ1v) is 6.48. The van der Waals surface area contributed by atoms with Crippen LogP contribution in [0, 0.1) is 0 Å². The molecule has 0 aliphatic heterocycles. The lowest BCUT2D eigenvalue weighted by Gasteiger charge is -2.06. The highest BCUT2D eigenvalue weighted by Gasteiger charge is 2.06.